The molecule has 1 N–H and O–H groups in total. The fourth-order valence-electron chi connectivity index (χ4n) is 1.12. The van der Waals surface area contributed by atoms with Gasteiger partial charge in [0.1, 0.15) is 5.60 Å². The van der Waals surface area contributed by atoms with E-state index in [-0.39, 0.29) is 12.8 Å². The average molecular weight is 246 g/mol. The van der Waals surface area contributed by atoms with Crippen LogP contribution in [0.4, 0.5) is 0 Å². The molecule has 0 spiro atoms. The van der Waals surface area contributed by atoms with Crippen LogP contribution in [0.25, 0.3) is 0 Å². The molecule has 0 fully saturated rings. The molecule has 1 atom stereocenters. The summed E-state index contributed by atoms with van der Waals surface area (Å²) in [5, 5.41) is 8.85. The molecule has 6 heteroatoms. The van der Waals surface area contributed by atoms with Crippen LogP contribution in [-0.4, -0.2) is 35.7 Å². The number of esters is 2. The summed E-state index contributed by atoms with van der Waals surface area (Å²) in [5.74, 6) is -3.65. The SMILES string of the molecule is COC(=O)C[C@H](CC(=O)OC(C)(C)C)C(=O)O. The van der Waals surface area contributed by atoms with Gasteiger partial charge in [-0.1, -0.05) is 0 Å². The fraction of sp³-hybridized carbons (Fsp3) is 0.727. The van der Waals surface area contributed by atoms with Gasteiger partial charge in [0.2, 0.25) is 0 Å². The summed E-state index contributed by atoms with van der Waals surface area (Å²) in [5.41, 5.74) is -0.675. The first kappa shape index (κ1) is 15.4. The Labute approximate surface area is 99.9 Å². The highest BCUT2D eigenvalue weighted by Gasteiger charge is 2.27. The zero-order valence-electron chi connectivity index (χ0n) is 10.5. The van der Waals surface area contributed by atoms with Gasteiger partial charge < -0.3 is 14.6 Å². The van der Waals surface area contributed by atoms with E-state index in [9.17, 15) is 14.4 Å². The molecular formula is C11H18O6. The zero-order chi connectivity index (χ0) is 13.6. The Kier molecular flexibility index (Phi) is 5.64. The van der Waals surface area contributed by atoms with Crippen molar-refractivity contribution in [2.75, 3.05) is 7.11 Å². The Bertz CT molecular complexity index is 302. The molecule has 0 rings (SSSR count). The topological polar surface area (TPSA) is 89.9 Å². The zero-order valence-corrected chi connectivity index (χ0v) is 10.5. The number of hydrogen-bond acceptors (Lipinski definition) is 5. The van der Waals surface area contributed by atoms with E-state index in [1.807, 2.05) is 0 Å². The van der Waals surface area contributed by atoms with Crippen LogP contribution in [0.15, 0.2) is 0 Å². The lowest BCUT2D eigenvalue weighted by atomic mass is 10.0. The van der Waals surface area contributed by atoms with Crippen molar-refractivity contribution in [1.29, 1.82) is 0 Å². The number of aliphatic carboxylic acids is 1. The Balaban J connectivity index is 4.41. The lowest BCUT2D eigenvalue weighted by molar-refractivity contribution is -0.161. The number of rotatable bonds is 5. The van der Waals surface area contributed by atoms with Crippen LogP contribution >= 0.6 is 0 Å². The van der Waals surface area contributed by atoms with Gasteiger partial charge in [-0.15, -0.1) is 0 Å². The second kappa shape index (κ2) is 6.22. The van der Waals surface area contributed by atoms with Gasteiger partial charge in [0.25, 0.3) is 0 Å². The van der Waals surface area contributed by atoms with Crippen molar-refractivity contribution in [3.05, 3.63) is 0 Å². The van der Waals surface area contributed by atoms with E-state index in [1.54, 1.807) is 20.8 Å². The van der Waals surface area contributed by atoms with Crippen LogP contribution in [0.3, 0.4) is 0 Å². The van der Waals surface area contributed by atoms with Gasteiger partial charge in [-0.2, -0.15) is 0 Å². The smallest absolute Gasteiger partial charge is 0.307 e. The second-order valence-corrected chi connectivity index (χ2v) is 4.61. The molecule has 6 nitrogen and oxygen atoms in total. The molecule has 0 aromatic heterocycles. The number of hydrogen-bond donors (Lipinski definition) is 1. The van der Waals surface area contributed by atoms with Crippen molar-refractivity contribution in [2.24, 2.45) is 5.92 Å². The molecular weight excluding hydrogens is 228 g/mol. The summed E-state index contributed by atoms with van der Waals surface area (Å²) in [6.45, 7) is 5.04. The van der Waals surface area contributed by atoms with Crippen LogP contribution < -0.4 is 0 Å². The van der Waals surface area contributed by atoms with E-state index in [0.29, 0.717) is 0 Å². The normalized spacial score (nSPS) is 12.7. The summed E-state index contributed by atoms with van der Waals surface area (Å²) in [4.78, 5) is 33.2. The third-order valence-electron chi connectivity index (χ3n) is 1.82. The molecule has 0 amide bonds. The van der Waals surface area contributed by atoms with Gasteiger partial charge in [-0.3, -0.25) is 14.4 Å². The number of carbonyl (C=O) groups excluding carboxylic acids is 2. The minimum absolute atomic E-state index is 0.342. The average Bonchev–Trinajstić information content (AvgIpc) is 2.13. The van der Waals surface area contributed by atoms with Crippen molar-refractivity contribution in [1.82, 2.24) is 0 Å². The largest absolute Gasteiger partial charge is 0.481 e. The highest BCUT2D eigenvalue weighted by atomic mass is 16.6. The molecule has 0 heterocycles. The number of ether oxygens (including phenoxy) is 2. The highest BCUT2D eigenvalue weighted by molar-refractivity contribution is 5.83. The minimum atomic E-state index is -1.22. The molecule has 0 saturated carbocycles. The molecule has 0 aliphatic rings. The lowest BCUT2D eigenvalue weighted by Gasteiger charge is -2.20. The predicted octanol–water partition coefficient (Wildman–Crippen LogP) is 0.982. The summed E-state index contributed by atoms with van der Waals surface area (Å²) < 4.78 is 9.34. The van der Waals surface area contributed by atoms with Gasteiger partial charge in [-0.05, 0) is 20.8 Å². The van der Waals surface area contributed by atoms with E-state index in [4.69, 9.17) is 9.84 Å². The van der Waals surface area contributed by atoms with Gasteiger partial charge >= 0.3 is 17.9 Å². The quantitative estimate of drug-likeness (QED) is 0.727. The first-order valence-electron chi connectivity index (χ1n) is 5.17. The summed E-state index contributed by atoms with van der Waals surface area (Å²) >= 11 is 0. The molecule has 98 valence electrons. The molecule has 0 radical (unpaired) electrons. The third kappa shape index (κ3) is 7.32. The summed E-state index contributed by atoms with van der Waals surface area (Å²) in [6, 6.07) is 0. The van der Waals surface area contributed by atoms with Crippen molar-refractivity contribution in [2.45, 2.75) is 39.2 Å². The maximum absolute atomic E-state index is 11.4. The molecule has 0 aliphatic heterocycles. The van der Waals surface area contributed by atoms with Gasteiger partial charge in [0.15, 0.2) is 0 Å². The van der Waals surface area contributed by atoms with Crippen molar-refractivity contribution >= 4 is 17.9 Å². The van der Waals surface area contributed by atoms with E-state index < -0.39 is 29.4 Å². The minimum Gasteiger partial charge on any atom is -0.481 e. The standard InChI is InChI=1S/C11H18O6/c1-11(2,3)17-9(13)6-7(10(14)15)5-8(12)16-4/h7H,5-6H2,1-4H3,(H,14,15)/t7-/m1/s1. The van der Waals surface area contributed by atoms with E-state index >= 15 is 0 Å². The van der Waals surface area contributed by atoms with Crippen LogP contribution in [0.1, 0.15) is 33.6 Å². The first-order valence-corrected chi connectivity index (χ1v) is 5.17. The fourth-order valence-corrected chi connectivity index (χ4v) is 1.12. The molecule has 0 unspecified atom stereocenters. The Morgan fingerprint density at radius 1 is 1.12 bits per heavy atom. The van der Waals surface area contributed by atoms with Crippen LogP contribution in [0, 0.1) is 5.92 Å². The molecule has 0 aromatic rings. The van der Waals surface area contributed by atoms with E-state index in [2.05, 4.69) is 4.74 Å². The molecule has 0 aromatic carbocycles. The maximum atomic E-state index is 11.4. The van der Waals surface area contributed by atoms with Crippen LogP contribution in [0.5, 0.6) is 0 Å². The van der Waals surface area contributed by atoms with Gasteiger partial charge in [0.05, 0.1) is 25.9 Å². The first-order chi connectivity index (χ1) is 7.65. The van der Waals surface area contributed by atoms with E-state index in [0.717, 1.165) is 7.11 Å². The van der Waals surface area contributed by atoms with Crippen LogP contribution in [-0.2, 0) is 23.9 Å². The van der Waals surface area contributed by atoms with Crippen molar-refractivity contribution in [3.8, 4) is 0 Å². The second-order valence-electron chi connectivity index (χ2n) is 4.61. The van der Waals surface area contributed by atoms with E-state index in [1.165, 1.54) is 0 Å². The number of carbonyl (C=O) groups is 3. The lowest BCUT2D eigenvalue weighted by Crippen LogP contribution is -2.28. The summed E-state index contributed by atoms with van der Waals surface area (Å²) in [6.07, 6.45) is -0.688. The molecule has 0 bridgehead atoms. The molecule has 0 aliphatic carbocycles. The van der Waals surface area contributed by atoms with Gasteiger partial charge in [-0.25, -0.2) is 0 Å². The van der Waals surface area contributed by atoms with Crippen molar-refractivity contribution < 1.29 is 29.0 Å². The Hall–Kier alpha value is -1.59. The molecule has 0 saturated heterocycles. The number of methoxy groups -OCH3 is 1. The Morgan fingerprint density at radius 3 is 1.94 bits per heavy atom. The van der Waals surface area contributed by atoms with Gasteiger partial charge in [0, 0.05) is 0 Å². The monoisotopic (exact) mass is 246 g/mol. The Morgan fingerprint density at radius 2 is 1.59 bits per heavy atom. The third-order valence-corrected chi connectivity index (χ3v) is 1.82. The van der Waals surface area contributed by atoms with Crippen LogP contribution in [0.2, 0.25) is 0 Å². The highest BCUT2D eigenvalue weighted by Crippen LogP contribution is 2.15. The maximum Gasteiger partial charge on any atom is 0.307 e. The molecule has 17 heavy (non-hydrogen) atoms. The van der Waals surface area contributed by atoms with Crippen molar-refractivity contribution in [3.63, 3.8) is 0 Å². The summed E-state index contributed by atoms with van der Waals surface area (Å²) in [7, 11) is 1.16. The number of carboxylic acids is 1. The predicted molar refractivity (Wildman–Crippen MR) is 58.2 cm³/mol. The number of carboxylic acid groups (broad SMARTS) is 1.